The second-order valence-corrected chi connectivity index (χ2v) is 6.47. The maximum absolute atomic E-state index is 12.1. The van der Waals surface area contributed by atoms with E-state index < -0.39 is 23.5 Å². The van der Waals surface area contributed by atoms with Gasteiger partial charge in [-0.05, 0) is 35.9 Å². The fraction of sp³-hybridized carbons (Fsp3) is 0.150. The molecule has 0 radical (unpaired) electrons. The van der Waals surface area contributed by atoms with E-state index in [0.717, 1.165) is 5.56 Å². The van der Waals surface area contributed by atoms with E-state index in [1.54, 1.807) is 42.5 Å². The van der Waals surface area contributed by atoms with Crippen molar-refractivity contribution in [1.82, 2.24) is 5.32 Å². The van der Waals surface area contributed by atoms with Crippen molar-refractivity contribution < 1.29 is 23.8 Å². The predicted octanol–water partition coefficient (Wildman–Crippen LogP) is 2.64. The van der Waals surface area contributed by atoms with Crippen LogP contribution in [-0.2, 0) is 16.0 Å². The summed E-state index contributed by atoms with van der Waals surface area (Å²) in [5.41, 5.74) is 0.563. The number of hydrogen-bond donors (Lipinski definition) is 2. The van der Waals surface area contributed by atoms with Crippen molar-refractivity contribution in [1.29, 1.82) is 0 Å². The summed E-state index contributed by atoms with van der Waals surface area (Å²) in [7, 11) is 0. The second kappa shape index (κ2) is 8.58. The number of amides is 1. The molecule has 2 N–H and O–H groups in total. The summed E-state index contributed by atoms with van der Waals surface area (Å²) in [6.07, 6.45) is 0.110. The molecule has 3 aromatic rings. The Balaban J connectivity index is 1.60. The topological polar surface area (TPSA) is 106 Å². The Morgan fingerprint density at radius 1 is 1.11 bits per heavy atom. The Hall–Kier alpha value is -3.32. The van der Waals surface area contributed by atoms with Gasteiger partial charge in [-0.1, -0.05) is 23.7 Å². The van der Waals surface area contributed by atoms with Gasteiger partial charge in [0.05, 0.1) is 0 Å². The summed E-state index contributed by atoms with van der Waals surface area (Å²) in [5.74, 6) is -1.42. The fourth-order valence-corrected chi connectivity index (χ4v) is 2.70. The molecule has 144 valence electrons. The van der Waals surface area contributed by atoms with Crippen LogP contribution in [0.15, 0.2) is 63.8 Å². The number of nitrogens with one attached hydrogen (secondary N) is 1. The van der Waals surface area contributed by atoms with Gasteiger partial charge in [0.15, 0.2) is 6.61 Å². The molecule has 1 heterocycles. The molecule has 0 aliphatic heterocycles. The van der Waals surface area contributed by atoms with E-state index in [9.17, 15) is 19.5 Å². The first-order valence-corrected chi connectivity index (χ1v) is 8.72. The largest absolute Gasteiger partial charge is 0.484 e. The van der Waals surface area contributed by atoms with Crippen molar-refractivity contribution >= 4 is 34.4 Å². The van der Waals surface area contributed by atoms with Gasteiger partial charge >= 0.3 is 11.6 Å². The first-order chi connectivity index (χ1) is 13.4. The minimum Gasteiger partial charge on any atom is -0.484 e. The van der Waals surface area contributed by atoms with E-state index in [1.165, 1.54) is 12.1 Å². The number of benzene rings is 2. The Labute approximate surface area is 164 Å². The van der Waals surface area contributed by atoms with Crippen LogP contribution in [0.1, 0.15) is 5.56 Å². The predicted molar refractivity (Wildman–Crippen MR) is 103 cm³/mol. The number of aliphatic carboxylic acids is 1. The smallest absolute Gasteiger partial charge is 0.336 e. The van der Waals surface area contributed by atoms with Crippen molar-refractivity contribution in [3.8, 4) is 5.75 Å². The molecule has 7 nitrogen and oxygen atoms in total. The molecule has 0 aliphatic rings. The normalized spacial score (nSPS) is 11.8. The molecule has 2 aromatic carbocycles. The van der Waals surface area contributed by atoms with Crippen molar-refractivity contribution in [2.45, 2.75) is 12.5 Å². The molecule has 0 spiro atoms. The van der Waals surface area contributed by atoms with Gasteiger partial charge in [-0.3, -0.25) is 4.79 Å². The highest BCUT2D eigenvalue weighted by Gasteiger charge is 2.20. The minimum atomic E-state index is -1.16. The molecule has 3 rings (SSSR count). The molecule has 0 aliphatic carbocycles. The van der Waals surface area contributed by atoms with Crippen LogP contribution in [0.25, 0.3) is 11.0 Å². The molecule has 8 heteroatoms. The van der Waals surface area contributed by atoms with E-state index in [2.05, 4.69) is 5.32 Å². The lowest BCUT2D eigenvalue weighted by Crippen LogP contribution is -2.44. The summed E-state index contributed by atoms with van der Waals surface area (Å²) in [5, 5.41) is 13.0. The van der Waals surface area contributed by atoms with E-state index in [0.29, 0.717) is 21.7 Å². The fourth-order valence-electron chi connectivity index (χ4n) is 2.57. The standard InChI is InChI=1S/C20H16ClNO6/c21-14-5-1-12(2-6-14)9-16(20(25)26)22-18(23)11-27-15-7-3-13-4-8-19(24)28-17(13)10-15/h1-8,10,16H,9,11H2,(H,22,23)(H,25,26)/t16-/m0/s1. The Kier molecular flexibility index (Phi) is 5.96. The zero-order valence-electron chi connectivity index (χ0n) is 14.6. The molecular formula is C20H16ClNO6. The van der Waals surface area contributed by atoms with Gasteiger partial charge in [0.1, 0.15) is 17.4 Å². The third-order valence-corrected chi connectivity index (χ3v) is 4.20. The maximum atomic E-state index is 12.1. The average molecular weight is 402 g/mol. The summed E-state index contributed by atoms with van der Waals surface area (Å²) in [6, 6.07) is 13.3. The second-order valence-electron chi connectivity index (χ2n) is 6.03. The zero-order chi connectivity index (χ0) is 20.1. The van der Waals surface area contributed by atoms with Crippen molar-refractivity contribution in [3.05, 3.63) is 75.6 Å². The van der Waals surface area contributed by atoms with Gasteiger partial charge in [0.2, 0.25) is 0 Å². The molecule has 0 unspecified atom stereocenters. The SMILES string of the molecule is O=C(COc1ccc2ccc(=O)oc2c1)N[C@@H](Cc1ccc(Cl)cc1)C(=O)O. The van der Waals surface area contributed by atoms with Crippen LogP contribution in [0.5, 0.6) is 5.75 Å². The molecule has 0 saturated heterocycles. The number of ether oxygens (including phenoxy) is 1. The number of rotatable bonds is 7. The van der Waals surface area contributed by atoms with Gasteiger partial charge in [-0.15, -0.1) is 0 Å². The molecular weight excluding hydrogens is 386 g/mol. The molecule has 0 bridgehead atoms. The first kappa shape index (κ1) is 19.4. The lowest BCUT2D eigenvalue weighted by molar-refractivity contribution is -0.142. The monoisotopic (exact) mass is 401 g/mol. The van der Waals surface area contributed by atoms with Gasteiger partial charge < -0.3 is 19.6 Å². The van der Waals surface area contributed by atoms with Crippen LogP contribution in [0.3, 0.4) is 0 Å². The maximum Gasteiger partial charge on any atom is 0.336 e. The van der Waals surface area contributed by atoms with Crippen molar-refractivity contribution in [3.63, 3.8) is 0 Å². The quantitative estimate of drug-likeness (QED) is 0.589. The molecule has 0 saturated carbocycles. The lowest BCUT2D eigenvalue weighted by atomic mass is 10.1. The minimum absolute atomic E-state index is 0.110. The van der Waals surface area contributed by atoms with Crippen LogP contribution < -0.4 is 15.7 Å². The molecule has 28 heavy (non-hydrogen) atoms. The van der Waals surface area contributed by atoms with E-state index in [-0.39, 0.29) is 13.0 Å². The van der Waals surface area contributed by atoms with Crippen LogP contribution >= 0.6 is 11.6 Å². The van der Waals surface area contributed by atoms with Gasteiger partial charge in [0.25, 0.3) is 5.91 Å². The number of carbonyl (C=O) groups is 2. The third-order valence-electron chi connectivity index (χ3n) is 3.95. The number of hydrogen-bond acceptors (Lipinski definition) is 5. The Morgan fingerprint density at radius 2 is 1.82 bits per heavy atom. The number of carbonyl (C=O) groups excluding carboxylic acids is 1. The number of carboxylic acid groups (broad SMARTS) is 1. The van der Waals surface area contributed by atoms with Gasteiger partial charge in [0, 0.05) is 29.0 Å². The summed E-state index contributed by atoms with van der Waals surface area (Å²) in [4.78, 5) is 34.8. The first-order valence-electron chi connectivity index (χ1n) is 8.34. The summed E-state index contributed by atoms with van der Waals surface area (Å²) < 4.78 is 10.4. The van der Waals surface area contributed by atoms with Crippen LogP contribution in [0.4, 0.5) is 0 Å². The van der Waals surface area contributed by atoms with Crippen LogP contribution in [-0.4, -0.2) is 29.6 Å². The van der Waals surface area contributed by atoms with E-state index >= 15 is 0 Å². The van der Waals surface area contributed by atoms with E-state index in [1.807, 2.05) is 0 Å². The number of halogens is 1. The van der Waals surface area contributed by atoms with Crippen molar-refractivity contribution in [2.24, 2.45) is 0 Å². The summed E-state index contributed by atoms with van der Waals surface area (Å²) in [6.45, 7) is -0.382. The summed E-state index contributed by atoms with van der Waals surface area (Å²) >= 11 is 5.81. The van der Waals surface area contributed by atoms with Crippen molar-refractivity contribution in [2.75, 3.05) is 6.61 Å². The Bertz CT molecular complexity index is 1060. The third kappa shape index (κ3) is 5.11. The van der Waals surface area contributed by atoms with Gasteiger partial charge in [-0.2, -0.15) is 0 Å². The van der Waals surface area contributed by atoms with Crippen LogP contribution in [0.2, 0.25) is 5.02 Å². The average Bonchev–Trinajstić information content (AvgIpc) is 2.67. The highest BCUT2D eigenvalue weighted by molar-refractivity contribution is 6.30. The highest BCUT2D eigenvalue weighted by atomic mass is 35.5. The number of carboxylic acids is 1. The molecule has 1 aromatic heterocycles. The Morgan fingerprint density at radius 3 is 2.54 bits per heavy atom. The van der Waals surface area contributed by atoms with Crippen LogP contribution in [0, 0.1) is 0 Å². The number of fused-ring (bicyclic) bond motifs is 1. The highest BCUT2D eigenvalue weighted by Crippen LogP contribution is 2.19. The molecule has 1 amide bonds. The molecule has 0 fully saturated rings. The lowest BCUT2D eigenvalue weighted by Gasteiger charge is -2.15. The zero-order valence-corrected chi connectivity index (χ0v) is 15.3. The van der Waals surface area contributed by atoms with Gasteiger partial charge in [-0.25, -0.2) is 9.59 Å². The van der Waals surface area contributed by atoms with E-state index in [4.69, 9.17) is 20.8 Å². The molecule has 1 atom stereocenters.